The van der Waals surface area contributed by atoms with E-state index in [1.54, 1.807) is 12.3 Å². The zero-order chi connectivity index (χ0) is 14.7. The van der Waals surface area contributed by atoms with Crippen molar-refractivity contribution in [1.29, 1.82) is 0 Å². The van der Waals surface area contributed by atoms with Crippen LogP contribution in [0.2, 0.25) is 0 Å². The largest absolute Gasteiger partial charge is 0.481 e. The minimum absolute atomic E-state index is 0.194. The van der Waals surface area contributed by atoms with Crippen LogP contribution in [-0.2, 0) is 4.79 Å². The lowest BCUT2D eigenvalue weighted by molar-refractivity contribution is -0.137. The zero-order valence-electron chi connectivity index (χ0n) is 10.9. The third kappa shape index (κ3) is 3.40. The van der Waals surface area contributed by atoms with Gasteiger partial charge in [-0.2, -0.15) is 0 Å². The second-order valence-corrected chi connectivity index (χ2v) is 5.38. The number of aliphatic carboxylic acids is 1. The van der Waals surface area contributed by atoms with E-state index in [4.69, 9.17) is 10.8 Å². The minimum Gasteiger partial charge on any atom is -0.481 e. The molecule has 0 aliphatic heterocycles. The highest BCUT2D eigenvalue weighted by atomic mass is 79.9. The van der Waals surface area contributed by atoms with E-state index in [9.17, 15) is 4.79 Å². The molecule has 1 aromatic heterocycles. The Labute approximate surface area is 125 Å². The molecule has 0 radical (unpaired) electrons. The monoisotopic (exact) mass is 335 g/mol. The first-order valence-electron chi connectivity index (χ1n) is 6.04. The summed E-state index contributed by atoms with van der Waals surface area (Å²) in [7, 11) is 0. The minimum atomic E-state index is -0.967. The molecule has 5 nitrogen and oxygen atoms in total. The highest BCUT2D eigenvalue weighted by Gasteiger charge is 2.15. The molecule has 3 N–H and O–H groups in total. The molecule has 0 saturated carbocycles. The SMILES string of the molecule is Cc1ccc(Br)cc1-c1ccnc(C(N)CC(=O)O)n1. The molecule has 0 amide bonds. The third-order valence-corrected chi connectivity index (χ3v) is 3.37. The van der Waals surface area contributed by atoms with Crippen LogP contribution in [0.4, 0.5) is 0 Å². The van der Waals surface area contributed by atoms with Crippen LogP contribution in [0.5, 0.6) is 0 Å². The zero-order valence-corrected chi connectivity index (χ0v) is 12.5. The van der Waals surface area contributed by atoms with Crippen LogP contribution in [0, 0.1) is 6.92 Å². The Hall–Kier alpha value is -1.79. The molecule has 1 atom stereocenters. The number of carbonyl (C=O) groups is 1. The summed E-state index contributed by atoms with van der Waals surface area (Å²) < 4.78 is 0.952. The van der Waals surface area contributed by atoms with Gasteiger partial charge in [0.2, 0.25) is 0 Å². The van der Waals surface area contributed by atoms with Gasteiger partial charge in [0.05, 0.1) is 18.2 Å². The van der Waals surface area contributed by atoms with E-state index in [1.165, 1.54) is 0 Å². The van der Waals surface area contributed by atoms with Crippen LogP contribution < -0.4 is 5.73 Å². The van der Waals surface area contributed by atoms with Crippen LogP contribution in [0.1, 0.15) is 23.9 Å². The Kier molecular flexibility index (Phi) is 4.46. The molecule has 1 heterocycles. The van der Waals surface area contributed by atoms with Gasteiger partial charge in [-0.3, -0.25) is 4.79 Å². The van der Waals surface area contributed by atoms with Gasteiger partial charge in [0, 0.05) is 16.2 Å². The van der Waals surface area contributed by atoms with Crippen molar-refractivity contribution in [2.24, 2.45) is 5.73 Å². The maximum atomic E-state index is 10.7. The summed E-state index contributed by atoms with van der Waals surface area (Å²) in [6.45, 7) is 1.99. The molecule has 0 aliphatic rings. The Morgan fingerprint density at radius 2 is 2.20 bits per heavy atom. The Morgan fingerprint density at radius 3 is 2.90 bits per heavy atom. The second-order valence-electron chi connectivity index (χ2n) is 4.46. The van der Waals surface area contributed by atoms with E-state index >= 15 is 0 Å². The normalized spacial score (nSPS) is 12.2. The van der Waals surface area contributed by atoms with Gasteiger partial charge < -0.3 is 10.8 Å². The molecule has 0 bridgehead atoms. The van der Waals surface area contributed by atoms with Crippen molar-refractivity contribution in [1.82, 2.24) is 9.97 Å². The van der Waals surface area contributed by atoms with Gasteiger partial charge >= 0.3 is 5.97 Å². The standard InChI is InChI=1S/C14H14BrN3O2/c1-8-2-3-9(15)6-10(8)12-4-5-17-14(18-12)11(16)7-13(19)20/h2-6,11H,7,16H2,1H3,(H,19,20). The molecule has 2 rings (SSSR count). The van der Waals surface area contributed by atoms with Crippen LogP contribution in [0.25, 0.3) is 11.3 Å². The number of carboxylic acid groups (broad SMARTS) is 1. The van der Waals surface area contributed by atoms with E-state index in [2.05, 4.69) is 25.9 Å². The molecule has 2 aromatic rings. The summed E-state index contributed by atoms with van der Waals surface area (Å²) in [6.07, 6.45) is 1.40. The van der Waals surface area contributed by atoms with Crippen LogP contribution >= 0.6 is 15.9 Å². The van der Waals surface area contributed by atoms with Crippen molar-refractivity contribution < 1.29 is 9.90 Å². The molecule has 104 valence electrons. The molecule has 0 fully saturated rings. The number of halogens is 1. The van der Waals surface area contributed by atoms with E-state index in [1.807, 2.05) is 25.1 Å². The summed E-state index contributed by atoms with van der Waals surface area (Å²) in [4.78, 5) is 19.1. The number of nitrogens with two attached hydrogens (primary N) is 1. The molecular formula is C14H14BrN3O2. The average molecular weight is 336 g/mol. The fourth-order valence-electron chi connectivity index (χ4n) is 1.85. The lowest BCUT2D eigenvalue weighted by atomic mass is 10.1. The van der Waals surface area contributed by atoms with Gasteiger partial charge in [-0.25, -0.2) is 9.97 Å². The summed E-state index contributed by atoms with van der Waals surface area (Å²) in [5, 5.41) is 8.77. The average Bonchev–Trinajstić information content (AvgIpc) is 2.41. The number of hydrogen-bond donors (Lipinski definition) is 2. The van der Waals surface area contributed by atoms with E-state index in [-0.39, 0.29) is 6.42 Å². The molecular weight excluding hydrogens is 322 g/mol. The van der Waals surface area contributed by atoms with Gasteiger partial charge in [0.25, 0.3) is 0 Å². The number of hydrogen-bond acceptors (Lipinski definition) is 4. The molecule has 1 unspecified atom stereocenters. The van der Waals surface area contributed by atoms with Crippen LogP contribution in [0.3, 0.4) is 0 Å². The number of benzene rings is 1. The number of rotatable bonds is 4. The Balaban J connectivity index is 2.39. The summed E-state index contributed by atoms with van der Waals surface area (Å²) in [5.74, 6) is -0.630. The maximum absolute atomic E-state index is 10.7. The fourth-order valence-corrected chi connectivity index (χ4v) is 2.21. The predicted molar refractivity (Wildman–Crippen MR) is 79.1 cm³/mol. The van der Waals surface area contributed by atoms with Crippen molar-refractivity contribution in [2.45, 2.75) is 19.4 Å². The van der Waals surface area contributed by atoms with Crippen molar-refractivity contribution in [3.63, 3.8) is 0 Å². The Morgan fingerprint density at radius 1 is 1.45 bits per heavy atom. The highest BCUT2D eigenvalue weighted by molar-refractivity contribution is 9.10. The van der Waals surface area contributed by atoms with E-state index in [0.29, 0.717) is 5.82 Å². The molecule has 0 saturated heterocycles. The smallest absolute Gasteiger partial charge is 0.305 e. The van der Waals surface area contributed by atoms with Gasteiger partial charge in [-0.1, -0.05) is 22.0 Å². The maximum Gasteiger partial charge on any atom is 0.305 e. The summed E-state index contributed by atoms with van der Waals surface area (Å²) >= 11 is 3.43. The summed E-state index contributed by atoms with van der Waals surface area (Å²) in [5.41, 5.74) is 8.56. The topological polar surface area (TPSA) is 89.1 Å². The van der Waals surface area contributed by atoms with Gasteiger partial charge in [0.15, 0.2) is 0 Å². The van der Waals surface area contributed by atoms with E-state index in [0.717, 1.165) is 21.3 Å². The number of aryl methyl sites for hydroxylation is 1. The van der Waals surface area contributed by atoms with Crippen molar-refractivity contribution >= 4 is 21.9 Å². The van der Waals surface area contributed by atoms with Gasteiger partial charge in [0.1, 0.15) is 5.82 Å². The predicted octanol–water partition coefficient (Wildman–Crippen LogP) is 2.69. The molecule has 20 heavy (non-hydrogen) atoms. The highest BCUT2D eigenvalue weighted by Crippen LogP contribution is 2.25. The van der Waals surface area contributed by atoms with Crippen molar-refractivity contribution in [2.75, 3.05) is 0 Å². The quantitative estimate of drug-likeness (QED) is 0.896. The number of aromatic nitrogens is 2. The molecule has 0 spiro atoms. The molecule has 6 heteroatoms. The van der Waals surface area contributed by atoms with Crippen LogP contribution in [-0.4, -0.2) is 21.0 Å². The first-order chi connectivity index (χ1) is 9.47. The first-order valence-corrected chi connectivity index (χ1v) is 6.83. The number of nitrogens with zero attached hydrogens (tertiary/aromatic N) is 2. The molecule has 0 aliphatic carbocycles. The van der Waals surface area contributed by atoms with Gasteiger partial charge in [-0.05, 0) is 30.7 Å². The second kappa shape index (κ2) is 6.11. The lowest BCUT2D eigenvalue weighted by Gasteiger charge is -2.10. The van der Waals surface area contributed by atoms with Crippen molar-refractivity contribution in [3.05, 3.63) is 46.3 Å². The third-order valence-electron chi connectivity index (χ3n) is 2.88. The Bertz CT molecular complexity index is 646. The lowest BCUT2D eigenvalue weighted by Crippen LogP contribution is -2.18. The van der Waals surface area contributed by atoms with E-state index < -0.39 is 12.0 Å². The molecule has 1 aromatic carbocycles. The fraction of sp³-hybridized carbons (Fsp3) is 0.214. The van der Waals surface area contributed by atoms with Crippen molar-refractivity contribution in [3.8, 4) is 11.3 Å². The number of carboxylic acids is 1. The summed E-state index contributed by atoms with van der Waals surface area (Å²) in [6, 6.07) is 6.98. The van der Waals surface area contributed by atoms with Gasteiger partial charge in [-0.15, -0.1) is 0 Å². The first kappa shape index (κ1) is 14.6. The van der Waals surface area contributed by atoms with Crippen LogP contribution in [0.15, 0.2) is 34.9 Å².